The van der Waals surface area contributed by atoms with E-state index in [1.54, 1.807) is 7.11 Å². The lowest BCUT2D eigenvalue weighted by atomic mass is 9.49. The molecule has 0 heterocycles. The molecule has 3 heteroatoms. The van der Waals surface area contributed by atoms with Gasteiger partial charge in [0.05, 0.1) is 6.10 Å². The molecule has 0 aliphatic heterocycles. The summed E-state index contributed by atoms with van der Waals surface area (Å²) in [7, 11) is 1.73. The number of ether oxygens (including phenoxy) is 1. The van der Waals surface area contributed by atoms with Crippen molar-refractivity contribution in [3.05, 3.63) is 0 Å². The Balaban J connectivity index is 1.84. The Bertz CT molecular complexity index is 453. The molecule has 146 valence electrons. The summed E-state index contributed by atoms with van der Waals surface area (Å²) < 4.78 is 21.7. The molecule has 3 rings (SSSR count). The number of hydrogen-bond acceptors (Lipinski definition) is 2. The Morgan fingerprint density at radius 1 is 1.16 bits per heavy atom. The fourth-order valence-corrected chi connectivity index (χ4v) is 7.47. The normalized spacial score (nSPS) is 48.0. The van der Waals surface area contributed by atoms with Crippen molar-refractivity contribution in [1.82, 2.24) is 0 Å². The van der Waals surface area contributed by atoms with Gasteiger partial charge in [0.25, 0.3) is 0 Å². The highest BCUT2D eigenvalue weighted by atomic mass is 19.1. The van der Waals surface area contributed by atoms with Gasteiger partial charge in [-0.3, -0.25) is 0 Å². The highest BCUT2D eigenvalue weighted by Gasteiger charge is 2.61. The number of hydrogen-bond donors (Lipinski definition) is 1. The molecule has 0 aromatic carbocycles. The molecule has 0 amide bonds. The third kappa shape index (κ3) is 3.18. The summed E-state index contributed by atoms with van der Waals surface area (Å²) >= 11 is 0. The fraction of sp³-hybridized carbons (Fsp3) is 1.00. The van der Waals surface area contributed by atoms with E-state index in [-0.39, 0.29) is 23.4 Å². The van der Waals surface area contributed by atoms with Crippen LogP contribution in [-0.2, 0) is 4.74 Å². The van der Waals surface area contributed by atoms with Crippen molar-refractivity contribution in [1.29, 1.82) is 0 Å². The zero-order chi connectivity index (χ0) is 18.2. The average molecular weight is 355 g/mol. The maximum Gasteiger partial charge on any atom is 0.117 e. The number of fused-ring (bicyclic) bond motifs is 3. The van der Waals surface area contributed by atoms with Crippen LogP contribution in [0.25, 0.3) is 0 Å². The van der Waals surface area contributed by atoms with Gasteiger partial charge in [0.2, 0.25) is 0 Å². The average Bonchev–Trinajstić information content (AvgIpc) is 2.92. The van der Waals surface area contributed by atoms with Crippen LogP contribution in [-0.4, -0.2) is 30.6 Å². The topological polar surface area (TPSA) is 29.5 Å². The number of aliphatic hydroxyl groups excluding tert-OH is 1. The molecule has 3 fully saturated rings. The maximum atomic E-state index is 16.4. The molecule has 3 aliphatic rings. The van der Waals surface area contributed by atoms with Crippen molar-refractivity contribution in [2.45, 2.75) is 90.3 Å². The van der Waals surface area contributed by atoms with Gasteiger partial charge in [0.15, 0.2) is 0 Å². The van der Waals surface area contributed by atoms with E-state index in [1.807, 2.05) is 6.92 Å². The number of methoxy groups -OCH3 is 1. The van der Waals surface area contributed by atoms with Gasteiger partial charge in [-0.05, 0) is 93.3 Å². The Kier molecular flexibility index (Phi) is 5.85. The van der Waals surface area contributed by atoms with Crippen LogP contribution in [0.5, 0.6) is 0 Å². The molecule has 3 saturated carbocycles. The number of alkyl halides is 1. The predicted octanol–water partition coefficient (Wildman–Crippen LogP) is 5.38. The summed E-state index contributed by atoms with van der Waals surface area (Å²) in [6.45, 7) is 7.17. The van der Waals surface area contributed by atoms with Crippen LogP contribution in [0.1, 0.15) is 78.6 Å². The molecular formula is C22H39FO2. The SMILES string of the molecule is CCC[C@]1(F)C2CC[C@@]3(C)C(CC[C@@H]3C(C)O)[C@@H]2CC[C@@H]1CCOC. The Morgan fingerprint density at radius 2 is 1.92 bits per heavy atom. The van der Waals surface area contributed by atoms with E-state index in [2.05, 4.69) is 13.8 Å². The summed E-state index contributed by atoms with van der Waals surface area (Å²) in [6, 6.07) is 0. The fourth-order valence-electron chi connectivity index (χ4n) is 7.47. The monoisotopic (exact) mass is 354 g/mol. The van der Waals surface area contributed by atoms with Crippen molar-refractivity contribution in [2.75, 3.05) is 13.7 Å². The van der Waals surface area contributed by atoms with Crippen LogP contribution < -0.4 is 0 Å². The molecule has 3 unspecified atom stereocenters. The van der Waals surface area contributed by atoms with Crippen LogP contribution in [0.2, 0.25) is 0 Å². The first kappa shape index (κ1) is 19.6. The summed E-state index contributed by atoms with van der Waals surface area (Å²) in [6.07, 6.45) is 8.92. The lowest BCUT2D eigenvalue weighted by molar-refractivity contribution is -0.132. The Morgan fingerprint density at radius 3 is 2.56 bits per heavy atom. The summed E-state index contributed by atoms with van der Waals surface area (Å²) in [5.41, 5.74) is -0.776. The van der Waals surface area contributed by atoms with Gasteiger partial charge in [0.1, 0.15) is 5.67 Å². The van der Waals surface area contributed by atoms with Gasteiger partial charge in [0, 0.05) is 13.7 Å². The van der Waals surface area contributed by atoms with Crippen LogP contribution in [0.3, 0.4) is 0 Å². The van der Waals surface area contributed by atoms with Gasteiger partial charge in [-0.1, -0.05) is 20.3 Å². The minimum absolute atomic E-state index is 0.173. The van der Waals surface area contributed by atoms with E-state index in [0.29, 0.717) is 30.8 Å². The largest absolute Gasteiger partial charge is 0.393 e. The summed E-state index contributed by atoms with van der Waals surface area (Å²) in [4.78, 5) is 0. The lowest BCUT2D eigenvalue weighted by Gasteiger charge is -2.57. The minimum Gasteiger partial charge on any atom is -0.393 e. The van der Waals surface area contributed by atoms with Gasteiger partial charge in [-0.25, -0.2) is 4.39 Å². The maximum absolute atomic E-state index is 16.4. The van der Waals surface area contributed by atoms with E-state index in [9.17, 15) is 5.11 Å². The third-order valence-electron chi connectivity index (χ3n) is 8.54. The highest BCUT2D eigenvalue weighted by Crippen LogP contribution is 2.65. The van der Waals surface area contributed by atoms with Crippen LogP contribution >= 0.6 is 0 Å². The van der Waals surface area contributed by atoms with Gasteiger partial charge < -0.3 is 9.84 Å². The van der Waals surface area contributed by atoms with Gasteiger partial charge >= 0.3 is 0 Å². The van der Waals surface area contributed by atoms with Crippen molar-refractivity contribution in [2.24, 2.45) is 35.0 Å². The molecule has 0 spiro atoms. The van der Waals surface area contributed by atoms with Crippen molar-refractivity contribution < 1.29 is 14.2 Å². The third-order valence-corrected chi connectivity index (χ3v) is 8.54. The molecule has 8 atom stereocenters. The number of aliphatic hydroxyl groups is 1. The molecule has 0 saturated heterocycles. The van der Waals surface area contributed by atoms with Crippen LogP contribution in [0, 0.1) is 35.0 Å². The first-order chi connectivity index (χ1) is 11.9. The highest BCUT2D eigenvalue weighted by molar-refractivity contribution is 5.10. The van der Waals surface area contributed by atoms with Crippen LogP contribution in [0.4, 0.5) is 4.39 Å². The van der Waals surface area contributed by atoms with Crippen LogP contribution in [0.15, 0.2) is 0 Å². The summed E-state index contributed by atoms with van der Waals surface area (Å²) in [5, 5.41) is 10.3. The van der Waals surface area contributed by atoms with E-state index in [4.69, 9.17) is 4.74 Å². The Labute approximate surface area is 153 Å². The molecule has 0 radical (unpaired) electrons. The molecule has 0 aromatic heterocycles. The van der Waals surface area contributed by atoms with Crippen molar-refractivity contribution in [3.8, 4) is 0 Å². The van der Waals surface area contributed by atoms with E-state index >= 15 is 4.39 Å². The molecule has 0 aromatic rings. The Hall–Kier alpha value is -0.150. The first-order valence-electron chi connectivity index (χ1n) is 10.7. The molecule has 0 bridgehead atoms. The smallest absolute Gasteiger partial charge is 0.117 e. The lowest BCUT2D eigenvalue weighted by Crippen LogP contribution is -2.55. The standard InChI is InChI=1S/C22H39FO2/c1-5-12-22(23)16(11-14-25-4)6-7-17-19-9-8-18(15(2)24)21(19,3)13-10-20(17)22/h15-20,24H,5-14H2,1-4H3/t15?,16-,17+,18-,19?,20?,21-,22-/m1/s1. The second kappa shape index (κ2) is 7.46. The zero-order valence-electron chi connectivity index (χ0n) is 16.8. The quantitative estimate of drug-likeness (QED) is 0.694. The predicted molar refractivity (Wildman–Crippen MR) is 100 cm³/mol. The molecule has 2 nitrogen and oxygen atoms in total. The first-order valence-corrected chi connectivity index (χ1v) is 10.7. The summed E-state index contributed by atoms with van der Waals surface area (Å²) in [5.74, 6) is 1.95. The van der Waals surface area contributed by atoms with Crippen molar-refractivity contribution >= 4 is 0 Å². The zero-order valence-corrected chi connectivity index (χ0v) is 16.8. The van der Waals surface area contributed by atoms with Crippen molar-refractivity contribution in [3.63, 3.8) is 0 Å². The molecular weight excluding hydrogens is 315 g/mol. The second-order valence-corrected chi connectivity index (χ2v) is 9.58. The molecule has 3 aliphatic carbocycles. The molecule has 25 heavy (non-hydrogen) atoms. The van der Waals surface area contributed by atoms with E-state index in [0.717, 1.165) is 38.5 Å². The number of rotatable bonds is 6. The van der Waals surface area contributed by atoms with E-state index in [1.165, 1.54) is 12.8 Å². The second-order valence-electron chi connectivity index (χ2n) is 9.58. The van der Waals surface area contributed by atoms with E-state index < -0.39 is 5.67 Å². The minimum atomic E-state index is -1.000. The molecule has 1 N–H and O–H groups in total. The number of halogens is 1. The van der Waals surface area contributed by atoms with Gasteiger partial charge in [-0.15, -0.1) is 0 Å². The van der Waals surface area contributed by atoms with Gasteiger partial charge in [-0.2, -0.15) is 0 Å².